The fourth-order valence-corrected chi connectivity index (χ4v) is 2.45. The lowest BCUT2D eigenvalue weighted by Crippen LogP contribution is -2.23. The highest BCUT2D eigenvalue weighted by Crippen LogP contribution is 2.28. The molecule has 102 valence electrons. The van der Waals surface area contributed by atoms with Gasteiger partial charge in [-0.3, -0.25) is 14.9 Å². The van der Waals surface area contributed by atoms with Gasteiger partial charge >= 0.3 is 0 Å². The molecule has 0 radical (unpaired) electrons. The van der Waals surface area contributed by atoms with Crippen LogP contribution >= 0.6 is 0 Å². The molecule has 1 aromatic carbocycles. The van der Waals surface area contributed by atoms with Crippen LogP contribution in [-0.2, 0) is 4.79 Å². The van der Waals surface area contributed by atoms with E-state index >= 15 is 0 Å². The second kappa shape index (κ2) is 5.36. The molecule has 0 bridgehead atoms. The number of nitrogens with two attached hydrogens (primary N) is 1. The second-order valence-electron chi connectivity index (χ2n) is 4.97. The lowest BCUT2D eigenvalue weighted by atomic mass is 10.1. The molecule has 2 rings (SSSR count). The molecule has 0 heterocycles. The van der Waals surface area contributed by atoms with Gasteiger partial charge in [0.25, 0.3) is 5.69 Å². The molecule has 1 aromatic rings. The van der Waals surface area contributed by atoms with Crippen LogP contribution in [0.15, 0.2) is 18.2 Å². The lowest BCUT2D eigenvalue weighted by molar-refractivity contribution is -0.385. The molecular formula is C13H17N3O3. The van der Waals surface area contributed by atoms with Crippen LogP contribution in [0.2, 0.25) is 0 Å². The summed E-state index contributed by atoms with van der Waals surface area (Å²) in [5, 5.41) is 13.6. The maximum atomic E-state index is 12.1. The molecule has 6 nitrogen and oxygen atoms in total. The average Bonchev–Trinajstić information content (AvgIpc) is 2.78. The smallest absolute Gasteiger partial charge is 0.274 e. The second-order valence-corrected chi connectivity index (χ2v) is 4.97. The van der Waals surface area contributed by atoms with Crippen molar-refractivity contribution < 1.29 is 9.72 Å². The number of carbonyl (C=O) groups excluding carboxylic acids is 1. The summed E-state index contributed by atoms with van der Waals surface area (Å²) < 4.78 is 0. The van der Waals surface area contributed by atoms with E-state index < -0.39 is 4.92 Å². The quantitative estimate of drug-likeness (QED) is 0.643. The summed E-state index contributed by atoms with van der Waals surface area (Å²) in [7, 11) is 0. The molecule has 2 atom stereocenters. The predicted octanol–water partition coefficient (Wildman–Crippen LogP) is 1.97. The van der Waals surface area contributed by atoms with Gasteiger partial charge in [0.05, 0.1) is 16.2 Å². The summed E-state index contributed by atoms with van der Waals surface area (Å²) in [5.74, 6) is -0.190. The van der Waals surface area contributed by atoms with E-state index in [0.29, 0.717) is 17.7 Å². The molecule has 0 aromatic heterocycles. The third kappa shape index (κ3) is 2.90. The van der Waals surface area contributed by atoms with Gasteiger partial charge < -0.3 is 11.1 Å². The number of nitrogens with one attached hydrogen (secondary N) is 1. The molecule has 0 spiro atoms. The third-order valence-corrected chi connectivity index (χ3v) is 3.60. The molecule has 0 saturated heterocycles. The molecule has 1 aliphatic carbocycles. The number of benzene rings is 1. The zero-order chi connectivity index (χ0) is 14.0. The normalized spacial score (nSPS) is 22.2. The van der Waals surface area contributed by atoms with Gasteiger partial charge in [-0.1, -0.05) is 6.07 Å². The molecule has 1 fully saturated rings. The highest BCUT2D eigenvalue weighted by atomic mass is 16.6. The summed E-state index contributed by atoms with van der Waals surface area (Å²) in [4.78, 5) is 22.4. The summed E-state index contributed by atoms with van der Waals surface area (Å²) in [6.07, 6.45) is 2.31. The molecule has 3 N–H and O–H groups in total. The van der Waals surface area contributed by atoms with Crippen molar-refractivity contribution in [2.45, 2.75) is 32.2 Å². The fraction of sp³-hybridized carbons (Fsp3) is 0.462. The molecule has 1 saturated carbocycles. The van der Waals surface area contributed by atoms with Crippen LogP contribution in [0.5, 0.6) is 0 Å². The standard InChI is InChI=1S/C13H17N3O3/c1-8-11(3-2-4-12(8)16(18)19)15-13(17)9-5-6-10(14)7-9/h2-4,9-10H,5-7,14H2,1H3,(H,15,17). The maximum absolute atomic E-state index is 12.1. The van der Waals surface area contributed by atoms with Crippen molar-refractivity contribution in [3.63, 3.8) is 0 Å². The Hall–Kier alpha value is -1.95. The van der Waals surface area contributed by atoms with Crippen LogP contribution in [0.25, 0.3) is 0 Å². The highest BCUT2D eigenvalue weighted by molar-refractivity contribution is 5.94. The predicted molar refractivity (Wildman–Crippen MR) is 71.8 cm³/mol. The zero-order valence-electron chi connectivity index (χ0n) is 10.8. The molecule has 19 heavy (non-hydrogen) atoms. The fourth-order valence-electron chi connectivity index (χ4n) is 2.45. The Labute approximate surface area is 111 Å². The average molecular weight is 263 g/mol. The van der Waals surface area contributed by atoms with Gasteiger partial charge in [-0.05, 0) is 32.3 Å². The highest BCUT2D eigenvalue weighted by Gasteiger charge is 2.28. The summed E-state index contributed by atoms with van der Waals surface area (Å²) in [5.41, 5.74) is 6.77. The van der Waals surface area contributed by atoms with E-state index in [9.17, 15) is 14.9 Å². The van der Waals surface area contributed by atoms with Gasteiger partial charge in [0.2, 0.25) is 5.91 Å². The van der Waals surface area contributed by atoms with Crippen LogP contribution in [0.4, 0.5) is 11.4 Å². The Kier molecular flexibility index (Phi) is 3.80. The first-order chi connectivity index (χ1) is 8.99. The number of amides is 1. The number of nitro groups is 1. The van der Waals surface area contributed by atoms with Gasteiger partial charge in [0, 0.05) is 18.0 Å². The van der Waals surface area contributed by atoms with E-state index in [0.717, 1.165) is 12.8 Å². The number of nitro benzene ring substituents is 1. The van der Waals surface area contributed by atoms with E-state index in [1.54, 1.807) is 19.1 Å². The van der Waals surface area contributed by atoms with Crippen molar-refractivity contribution in [3.8, 4) is 0 Å². The van der Waals surface area contributed by atoms with E-state index in [2.05, 4.69) is 5.32 Å². The van der Waals surface area contributed by atoms with Crippen LogP contribution in [-0.4, -0.2) is 16.9 Å². The molecule has 6 heteroatoms. The minimum atomic E-state index is -0.448. The van der Waals surface area contributed by atoms with Crippen molar-refractivity contribution in [1.29, 1.82) is 0 Å². The minimum Gasteiger partial charge on any atom is -0.328 e. The first-order valence-electron chi connectivity index (χ1n) is 6.29. The third-order valence-electron chi connectivity index (χ3n) is 3.60. The van der Waals surface area contributed by atoms with Gasteiger partial charge in [-0.2, -0.15) is 0 Å². The Morgan fingerprint density at radius 1 is 1.47 bits per heavy atom. The summed E-state index contributed by atoms with van der Waals surface area (Å²) in [6.45, 7) is 1.63. The number of anilines is 1. The molecule has 2 unspecified atom stereocenters. The van der Waals surface area contributed by atoms with Crippen molar-refractivity contribution in [2.24, 2.45) is 11.7 Å². The first kappa shape index (κ1) is 13.5. The Morgan fingerprint density at radius 2 is 2.21 bits per heavy atom. The Morgan fingerprint density at radius 3 is 2.79 bits per heavy atom. The van der Waals surface area contributed by atoms with Crippen LogP contribution in [0.1, 0.15) is 24.8 Å². The van der Waals surface area contributed by atoms with Gasteiger partial charge in [0.15, 0.2) is 0 Å². The summed E-state index contributed by atoms with van der Waals surface area (Å²) in [6, 6.07) is 4.76. The molecule has 0 aliphatic heterocycles. The van der Waals surface area contributed by atoms with Crippen LogP contribution < -0.4 is 11.1 Å². The molecule has 1 aliphatic rings. The van der Waals surface area contributed by atoms with E-state index in [-0.39, 0.29) is 23.6 Å². The minimum absolute atomic E-state index is 0.0147. The first-order valence-corrected chi connectivity index (χ1v) is 6.29. The number of nitrogens with zero attached hydrogens (tertiary/aromatic N) is 1. The van der Waals surface area contributed by atoms with E-state index in [1.807, 2.05) is 0 Å². The molecule has 1 amide bonds. The van der Waals surface area contributed by atoms with Gasteiger partial charge in [-0.15, -0.1) is 0 Å². The SMILES string of the molecule is Cc1c(NC(=O)C2CCC(N)C2)cccc1[N+](=O)[O-]. The Bertz CT molecular complexity index is 516. The number of rotatable bonds is 3. The van der Waals surface area contributed by atoms with Crippen molar-refractivity contribution in [1.82, 2.24) is 0 Å². The van der Waals surface area contributed by atoms with Crippen molar-refractivity contribution in [3.05, 3.63) is 33.9 Å². The Balaban J connectivity index is 2.13. The maximum Gasteiger partial charge on any atom is 0.274 e. The lowest BCUT2D eigenvalue weighted by Gasteiger charge is -2.12. The van der Waals surface area contributed by atoms with Crippen LogP contribution in [0.3, 0.4) is 0 Å². The van der Waals surface area contributed by atoms with Crippen molar-refractivity contribution in [2.75, 3.05) is 5.32 Å². The van der Waals surface area contributed by atoms with Gasteiger partial charge in [-0.25, -0.2) is 0 Å². The number of hydrogen-bond acceptors (Lipinski definition) is 4. The monoisotopic (exact) mass is 263 g/mol. The van der Waals surface area contributed by atoms with Crippen LogP contribution in [0, 0.1) is 23.0 Å². The topological polar surface area (TPSA) is 98.3 Å². The van der Waals surface area contributed by atoms with Gasteiger partial charge in [0.1, 0.15) is 0 Å². The summed E-state index contributed by atoms with van der Waals surface area (Å²) >= 11 is 0. The zero-order valence-corrected chi connectivity index (χ0v) is 10.8. The number of hydrogen-bond donors (Lipinski definition) is 2. The largest absolute Gasteiger partial charge is 0.328 e. The van der Waals surface area contributed by atoms with E-state index in [1.165, 1.54) is 6.07 Å². The molecular weight excluding hydrogens is 246 g/mol. The van der Waals surface area contributed by atoms with Crippen molar-refractivity contribution >= 4 is 17.3 Å². The number of carbonyl (C=O) groups is 1. The van der Waals surface area contributed by atoms with E-state index in [4.69, 9.17) is 5.73 Å².